The second-order valence-electron chi connectivity index (χ2n) is 8.65. The number of aryl methyl sites for hydroxylation is 1. The molecule has 1 spiro atoms. The zero-order chi connectivity index (χ0) is 23.8. The number of methoxy groups -OCH3 is 1. The number of ether oxygens (including phenoxy) is 1. The van der Waals surface area contributed by atoms with Gasteiger partial charge in [-0.2, -0.15) is 14.9 Å². The Kier molecular flexibility index (Phi) is 4.08. The van der Waals surface area contributed by atoms with Crippen LogP contribution in [0.5, 0.6) is 5.75 Å². The van der Waals surface area contributed by atoms with Gasteiger partial charge in [0.15, 0.2) is 5.82 Å². The lowest BCUT2D eigenvalue weighted by molar-refractivity contribution is -0.210. The molecule has 34 heavy (non-hydrogen) atoms. The van der Waals surface area contributed by atoms with E-state index in [1.54, 1.807) is 13.2 Å². The average molecular weight is 468 g/mol. The van der Waals surface area contributed by atoms with Gasteiger partial charge in [0.25, 0.3) is 0 Å². The molecule has 0 bridgehead atoms. The van der Waals surface area contributed by atoms with Crippen LogP contribution in [0.1, 0.15) is 29.2 Å². The number of alkyl halides is 3. The fourth-order valence-corrected chi connectivity index (χ4v) is 4.95. The first kappa shape index (κ1) is 20.6. The molecule has 0 saturated heterocycles. The van der Waals surface area contributed by atoms with E-state index in [-0.39, 0.29) is 33.8 Å². The van der Waals surface area contributed by atoms with Crippen LogP contribution < -0.4 is 15.4 Å². The number of nitrogens with zero attached hydrogens (tertiary/aromatic N) is 3. The maximum Gasteiger partial charge on any atom is 0.506 e. The van der Waals surface area contributed by atoms with Crippen LogP contribution in [0.2, 0.25) is 0 Å². The second-order valence-corrected chi connectivity index (χ2v) is 8.65. The monoisotopic (exact) mass is 468 g/mol. The molecular weight excluding hydrogens is 449 g/mol. The van der Waals surface area contributed by atoms with Gasteiger partial charge in [0, 0.05) is 23.1 Å². The van der Waals surface area contributed by atoms with Crippen LogP contribution in [-0.4, -0.2) is 33.0 Å². The van der Waals surface area contributed by atoms with Crippen LogP contribution in [0.15, 0.2) is 42.5 Å². The highest BCUT2D eigenvalue weighted by molar-refractivity contribution is 6.10. The molecule has 1 amide bonds. The van der Waals surface area contributed by atoms with Crippen molar-refractivity contribution in [3.05, 3.63) is 59.3 Å². The Hall–Kier alpha value is -4.02. The first-order valence-electron chi connectivity index (χ1n) is 10.6. The first-order valence-corrected chi connectivity index (χ1v) is 10.6. The fraction of sp³-hybridized carbons (Fsp3) is 0.261. The van der Waals surface area contributed by atoms with Crippen molar-refractivity contribution in [2.45, 2.75) is 31.0 Å². The number of halogens is 3. The van der Waals surface area contributed by atoms with Gasteiger partial charge in [-0.05, 0) is 54.8 Å². The van der Waals surface area contributed by atoms with E-state index < -0.39 is 11.7 Å². The third kappa shape index (κ3) is 2.89. The van der Waals surface area contributed by atoms with Crippen molar-refractivity contribution in [1.29, 1.82) is 0 Å². The van der Waals surface area contributed by atoms with Crippen LogP contribution >= 0.6 is 0 Å². The molecule has 1 fully saturated rings. The predicted molar refractivity (Wildman–Crippen MR) is 118 cm³/mol. The van der Waals surface area contributed by atoms with Crippen LogP contribution in [0, 0.1) is 6.92 Å². The Morgan fingerprint density at radius 3 is 2.79 bits per heavy atom. The summed E-state index contributed by atoms with van der Waals surface area (Å²) in [7, 11) is 1.59. The minimum atomic E-state index is -4.66. The zero-order valence-corrected chi connectivity index (χ0v) is 18.1. The van der Waals surface area contributed by atoms with Gasteiger partial charge in [-0.1, -0.05) is 6.07 Å². The highest BCUT2D eigenvalue weighted by Gasteiger charge is 2.65. The number of aromatic amines is 1. The molecule has 2 aromatic carbocycles. The molecule has 0 radical (unpaired) electrons. The maximum absolute atomic E-state index is 13.3. The molecule has 0 unspecified atom stereocenters. The topological polar surface area (TPSA) is 96.9 Å². The number of rotatable bonds is 4. The molecule has 11 heteroatoms. The summed E-state index contributed by atoms with van der Waals surface area (Å²) < 4.78 is 45.1. The average Bonchev–Trinajstić information content (AvgIpc) is 3.11. The summed E-state index contributed by atoms with van der Waals surface area (Å²) in [6.45, 7) is 1.49. The molecule has 174 valence electrons. The van der Waals surface area contributed by atoms with E-state index in [1.807, 2.05) is 30.3 Å². The predicted octanol–water partition coefficient (Wildman–Crippen LogP) is 4.67. The van der Waals surface area contributed by atoms with Gasteiger partial charge in [0.05, 0.1) is 23.7 Å². The van der Waals surface area contributed by atoms with Gasteiger partial charge in [0.2, 0.25) is 5.91 Å². The molecule has 2 atom stereocenters. The molecule has 3 N–H and O–H groups in total. The number of hydrogen-bond donors (Lipinski definition) is 3. The van der Waals surface area contributed by atoms with Gasteiger partial charge in [0.1, 0.15) is 11.6 Å². The van der Waals surface area contributed by atoms with Crippen LogP contribution in [0.25, 0.3) is 10.9 Å². The van der Waals surface area contributed by atoms with Gasteiger partial charge < -0.3 is 15.4 Å². The van der Waals surface area contributed by atoms with Gasteiger partial charge in [-0.3, -0.25) is 9.89 Å². The maximum atomic E-state index is 13.3. The van der Waals surface area contributed by atoms with E-state index in [4.69, 9.17) is 4.74 Å². The number of fused-ring (bicyclic) bond motifs is 3. The number of H-pyrrole nitrogens is 1. The Morgan fingerprint density at radius 1 is 1.21 bits per heavy atom. The van der Waals surface area contributed by atoms with Crippen molar-refractivity contribution in [2.75, 3.05) is 17.7 Å². The zero-order valence-electron chi connectivity index (χ0n) is 18.1. The number of aromatic nitrogens is 4. The van der Waals surface area contributed by atoms with Crippen LogP contribution in [0.4, 0.5) is 30.5 Å². The van der Waals surface area contributed by atoms with E-state index in [0.29, 0.717) is 23.1 Å². The summed E-state index contributed by atoms with van der Waals surface area (Å²) in [6, 6.07) is 12.4. The second kappa shape index (κ2) is 6.75. The molecule has 1 aliphatic carbocycles. The number of amides is 1. The van der Waals surface area contributed by atoms with E-state index in [9.17, 15) is 18.0 Å². The summed E-state index contributed by atoms with van der Waals surface area (Å²) in [5, 5.41) is 16.9. The molecule has 2 aromatic heterocycles. The van der Waals surface area contributed by atoms with Crippen molar-refractivity contribution in [1.82, 2.24) is 20.0 Å². The standard InChI is InChI=1S/C23H19F3N6O2/c1-11-7-19(32(31-11)23(24,25)26)28-20-14-5-3-12(8-18(14)29-30-20)16-10-22(16)15-9-13(34-2)4-6-17(15)27-21(22)33/h3-9,16H,10H2,1-2H3,(H,27,33)(H2,28,29,30)/t16-,22-/m0/s1. The van der Waals surface area contributed by atoms with Crippen molar-refractivity contribution in [2.24, 2.45) is 0 Å². The summed E-state index contributed by atoms with van der Waals surface area (Å²) in [5.41, 5.74) is 2.90. The number of nitrogens with one attached hydrogen (secondary N) is 3. The van der Waals surface area contributed by atoms with Gasteiger partial charge in [-0.15, -0.1) is 13.2 Å². The molecule has 3 heterocycles. The van der Waals surface area contributed by atoms with E-state index in [2.05, 4.69) is 25.9 Å². The molecular formula is C23H19F3N6O2. The quantitative estimate of drug-likeness (QED) is 0.404. The van der Waals surface area contributed by atoms with Crippen molar-refractivity contribution in [3.63, 3.8) is 0 Å². The molecule has 8 nitrogen and oxygen atoms in total. The lowest BCUT2D eigenvalue weighted by Gasteiger charge is -2.11. The molecule has 4 aromatic rings. The third-order valence-electron chi connectivity index (χ3n) is 6.63. The largest absolute Gasteiger partial charge is 0.506 e. The SMILES string of the molecule is COc1ccc2c(c1)[C@]1(C[C@H]1c1ccc3c(Nc4cc(C)nn4C(F)(F)F)n[nH]c3c1)C(=O)N2. The molecule has 1 aliphatic heterocycles. The smallest absolute Gasteiger partial charge is 0.497 e. The number of carbonyl (C=O) groups is 1. The summed E-state index contributed by atoms with van der Waals surface area (Å²) >= 11 is 0. The highest BCUT2D eigenvalue weighted by atomic mass is 19.4. The minimum Gasteiger partial charge on any atom is -0.497 e. The van der Waals surface area contributed by atoms with Gasteiger partial charge in [-0.25, -0.2) is 0 Å². The first-order chi connectivity index (χ1) is 16.2. The summed E-state index contributed by atoms with van der Waals surface area (Å²) in [6.07, 6.45) is -4.00. The minimum absolute atomic E-state index is 0.0183. The Bertz CT molecular complexity index is 1470. The van der Waals surface area contributed by atoms with E-state index in [1.165, 1.54) is 13.0 Å². The number of hydrogen-bond acceptors (Lipinski definition) is 5. The molecule has 1 saturated carbocycles. The van der Waals surface area contributed by atoms with E-state index in [0.717, 1.165) is 16.8 Å². The fourth-order valence-electron chi connectivity index (χ4n) is 4.95. The number of benzene rings is 2. The number of carbonyl (C=O) groups excluding carboxylic acids is 1. The Balaban J connectivity index is 1.32. The third-order valence-corrected chi connectivity index (χ3v) is 6.63. The number of anilines is 3. The summed E-state index contributed by atoms with van der Waals surface area (Å²) in [5.74, 6) is 0.652. The van der Waals surface area contributed by atoms with Gasteiger partial charge >= 0.3 is 6.30 Å². The normalized spacial score (nSPS) is 21.1. The highest BCUT2D eigenvalue weighted by Crippen LogP contribution is 2.65. The summed E-state index contributed by atoms with van der Waals surface area (Å²) in [4.78, 5) is 12.9. The Labute approximate surface area is 191 Å². The van der Waals surface area contributed by atoms with Crippen molar-refractivity contribution in [3.8, 4) is 5.75 Å². The molecule has 2 aliphatic rings. The van der Waals surface area contributed by atoms with Crippen LogP contribution in [-0.2, 0) is 16.5 Å². The molecule has 6 rings (SSSR count). The lowest BCUT2D eigenvalue weighted by atomic mass is 9.91. The van der Waals surface area contributed by atoms with Crippen molar-refractivity contribution < 1.29 is 22.7 Å². The van der Waals surface area contributed by atoms with E-state index >= 15 is 0 Å². The van der Waals surface area contributed by atoms with Crippen LogP contribution in [0.3, 0.4) is 0 Å². The van der Waals surface area contributed by atoms with Crippen molar-refractivity contribution >= 4 is 34.1 Å². The lowest BCUT2D eigenvalue weighted by Crippen LogP contribution is -2.21. The Morgan fingerprint density at radius 2 is 2.03 bits per heavy atom.